The van der Waals surface area contributed by atoms with E-state index in [2.05, 4.69) is 76.5 Å². The van der Waals surface area contributed by atoms with Gasteiger partial charge in [-0.05, 0) is 36.0 Å². The first-order valence-corrected chi connectivity index (χ1v) is 11.1. The monoisotopic (exact) mass is 388 g/mol. The Bertz CT molecular complexity index is 789. The van der Waals surface area contributed by atoms with Gasteiger partial charge in [-0.15, -0.1) is 0 Å². The van der Waals surface area contributed by atoms with E-state index in [9.17, 15) is 4.79 Å². The van der Waals surface area contributed by atoms with E-state index in [1.807, 2.05) is 6.92 Å². The summed E-state index contributed by atoms with van der Waals surface area (Å²) in [7, 11) is 0. The van der Waals surface area contributed by atoms with E-state index < -0.39 is 0 Å². The van der Waals surface area contributed by atoms with Gasteiger partial charge < -0.3 is 4.90 Å². The molecule has 3 nitrogen and oxygen atoms in total. The second-order valence-corrected chi connectivity index (χ2v) is 8.27. The number of piperidine rings is 1. The fraction of sp³-hybridized carbons (Fsp3) is 0.423. The molecule has 2 atom stereocenters. The second kappa shape index (κ2) is 9.41. The van der Waals surface area contributed by atoms with Gasteiger partial charge in [0.15, 0.2) is 0 Å². The molecule has 2 bridgehead atoms. The molecule has 0 saturated carbocycles. The van der Waals surface area contributed by atoms with Crippen molar-refractivity contribution in [1.82, 2.24) is 9.80 Å². The highest BCUT2D eigenvalue weighted by molar-refractivity contribution is 5.79. The van der Waals surface area contributed by atoms with Crippen LogP contribution < -0.4 is 0 Å². The Balaban J connectivity index is 1.60. The van der Waals surface area contributed by atoms with Crippen LogP contribution >= 0.6 is 0 Å². The maximum Gasteiger partial charge on any atom is 0.222 e. The molecule has 3 heteroatoms. The van der Waals surface area contributed by atoms with Crippen LogP contribution in [0.25, 0.3) is 5.57 Å². The van der Waals surface area contributed by atoms with E-state index in [1.54, 1.807) is 0 Å². The van der Waals surface area contributed by atoms with Gasteiger partial charge in [0.2, 0.25) is 5.91 Å². The van der Waals surface area contributed by atoms with Crippen LogP contribution in [0.5, 0.6) is 0 Å². The van der Waals surface area contributed by atoms with E-state index in [1.165, 1.54) is 36.0 Å². The van der Waals surface area contributed by atoms with Crippen molar-refractivity contribution in [3.8, 4) is 0 Å². The zero-order valence-corrected chi connectivity index (χ0v) is 17.5. The number of rotatable bonds is 5. The van der Waals surface area contributed by atoms with Crippen molar-refractivity contribution < 1.29 is 4.79 Å². The van der Waals surface area contributed by atoms with Crippen LogP contribution in [0.4, 0.5) is 0 Å². The van der Waals surface area contributed by atoms with Crippen molar-refractivity contribution in [3.05, 3.63) is 77.9 Å². The summed E-state index contributed by atoms with van der Waals surface area (Å²) < 4.78 is 0. The molecule has 29 heavy (non-hydrogen) atoms. The van der Waals surface area contributed by atoms with Gasteiger partial charge in [0.05, 0.1) is 0 Å². The summed E-state index contributed by atoms with van der Waals surface area (Å²) in [5.41, 5.74) is 3.83. The number of amides is 1. The van der Waals surface area contributed by atoms with E-state index in [0.29, 0.717) is 24.4 Å². The highest BCUT2D eigenvalue weighted by atomic mass is 16.2. The lowest BCUT2D eigenvalue weighted by atomic mass is 9.93. The fourth-order valence-electron chi connectivity index (χ4n) is 4.96. The number of benzene rings is 2. The summed E-state index contributed by atoms with van der Waals surface area (Å²) in [6, 6.07) is 22.5. The molecule has 0 radical (unpaired) electrons. The summed E-state index contributed by atoms with van der Waals surface area (Å²) in [4.78, 5) is 17.1. The maximum absolute atomic E-state index is 12.3. The fourth-order valence-corrected chi connectivity index (χ4v) is 4.96. The van der Waals surface area contributed by atoms with Gasteiger partial charge in [0.25, 0.3) is 0 Å². The van der Waals surface area contributed by atoms with Crippen molar-refractivity contribution in [1.29, 1.82) is 0 Å². The van der Waals surface area contributed by atoms with Crippen molar-refractivity contribution in [2.75, 3.05) is 19.6 Å². The van der Waals surface area contributed by atoms with Gasteiger partial charge in [-0.2, -0.15) is 0 Å². The minimum absolute atomic E-state index is 0.308. The predicted octanol–water partition coefficient (Wildman–Crippen LogP) is 4.98. The third kappa shape index (κ3) is 4.62. The lowest BCUT2D eigenvalue weighted by Gasteiger charge is -2.40. The Hall–Kier alpha value is -2.39. The molecule has 2 aromatic rings. The van der Waals surface area contributed by atoms with Gasteiger partial charge in [0.1, 0.15) is 0 Å². The summed E-state index contributed by atoms with van der Waals surface area (Å²) in [6.07, 6.45) is 7.86. The van der Waals surface area contributed by atoms with E-state index in [0.717, 1.165) is 26.1 Å². The predicted molar refractivity (Wildman–Crippen MR) is 120 cm³/mol. The summed E-state index contributed by atoms with van der Waals surface area (Å²) in [5, 5.41) is 0. The van der Waals surface area contributed by atoms with E-state index in [-0.39, 0.29) is 0 Å². The molecular formula is C26H32N2O. The molecule has 2 saturated heterocycles. The van der Waals surface area contributed by atoms with Gasteiger partial charge >= 0.3 is 0 Å². The zero-order chi connectivity index (χ0) is 20.1. The molecule has 2 aliphatic heterocycles. The molecule has 2 unspecified atom stereocenters. The highest BCUT2D eigenvalue weighted by Crippen LogP contribution is 2.30. The van der Waals surface area contributed by atoms with Crippen molar-refractivity contribution in [2.24, 2.45) is 0 Å². The van der Waals surface area contributed by atoms with Gasteiger partial charge in [-0.25, -0.2) is 0 Å². The molecule has 1 amide bonds. The molecule has 0 aliphatic carbocycles. The van der Waals surface area contributed by atoms with E-state index in [4.69, 9.17) is 0 Å². The number of hydrogen-bond acceptors (Lipinski definition) is 2. The standard InChI is InChI=1S/C26H32N2O/c1-2-26(29)27-18-16-23-14-9-15-24(20-27)28(23)19-17-25(21-10-5-3-6-11-21)22-12-7-4-8-13-22/h3-8,10-13,17,23-24H,2,9,14-16,18-20H2,1H3. The first-order chi connectivity index (χ1) is 14.3. The Labute approximate surface area is 175 Å². The smallest absolute Gasteiger partial charge is 0.222 e. The first kappa shape index (κ1) is 19.9. The quantitative estimate of drug-likeness (QED) is 0.721. The van der Waals surface area contributed by atoms with Gasteiger partial charge in [-0.3, -0.25) is 9.69 Å². The normalized spacial score (nSPS) is 22.0. The van der Waals surface area contributed by atoms with Gasteiger partial charge in [-0.1, -0.05) is 80.1 Å². The van der Waals surface area contributed by atoms with Crippen molar-refractivity contribution >= 4 is 11.5 Å². The van der Waals surface area contributed by atoms with Crippen LogP contribution in [0.15, 0.2) is 66.7 Å². The van der Waals surface area contributed by atoms with Gasteiger partial charge in [0, 0.05) is 38.1 Å². The summed E-state index contributed by atoms with van der Waals surface area (Å²) in [6.45, 7) is 4.73. The molecule has 0 spiro atoms. The Morgan fingerprint density at radius 2 is 1.55 bits per heavy atom. The van der Waals surface area contributed by atoms with Crippen LogP contribution in [-0.4, -0.2) is 47.4 Å². The second-order valence-electron chi connectivity index (χ2n) is 8.27. The SMILES string of the molecule is CCC(=O)N1CCC2CCCC(C1)N2CC=C(c1ccccc1)c1ccccc1. The minimum atomic E-state index is 0.308. The highest BCUT2D eigenvalue weighted by Gasteiger charge is 2.35. The van der Waals surface area contributed by atoms with Crippen LogP contribution in [0, 0.1) is 0 Å². The lowest BCUT2D eigenvalue weighted by Crippen LogP contribution is -2.48. The van der Waals surface area contributed by atoms with Crippen molar-refractivity contribution in [3.63, 3.8) is 0 Å². The number of nitrogens with zero attached hydrogens (tertiary/aromatic N) is 2. The first-order valence-electron chi connectivity index (χ1n) is 11.1. The third-order valence-corrected chi connectivity index (χ3v) is 6.51. The number of fused-ring (bicyclic) bond motifs is 2. The maximum atomic E-state index is 12.3. The Morgan fingerprint density at radius 1 is 0.931 bits per heavy atom. The zero-order valence-electron chi connectivity index (χ0n) is 17.5. The van der Waals surface area contributed by atoms with Crippen LogP contribution in [0.3, 0.4) is 0 Å². The van der Waals surface area contributed by atoms with Crippen LogP contribution in [0.2, 0.25) is 0 Å². The number of hydrogen-bond donors (Lipinski definition) is 0. The molecular weight excluding hydrogens is 356 g/mol. The molecule has 2 aliphatic rings. The molecule has 0 N–H and O–H groups in total. The molecule has 2 aromatic carbocycles. The molecule has 152 valence electrons. The molecule has 0 aromatic heterocycles. The largest absolute Gasteiger partial charge is 0.341 e. The Morgan fingerprint density at radius 3 is 2.17 bits per heavy atom. The molecule has 4 rings (SSSR count). The molecule has 2 fully saturated rings. The third-order valence-electron chi connectivity index (χ3n) is 6.51. The summed E-state index contributed by atoms with van der Waals surface area (Å²) in [5.74, 6) is 0.308. The number of carbonyl (C=O) groups is 1. The Kier molecular flexibility index (Phi) is 6.46. The van der Waals surface area contributed by atoms with Crippen LogP contribution in [-0.2, 0) is 4.79 Å². The minimum Gasteiger partial charge on any atom is -0.341 e. The topological polar surface area (TPSA) is 23.6 Å². The number of carbonyl (C=O) groups excluding carboxylic acids is 1. The average Bonchev–Trinajstić information content (AvgIpc) is 2.87. The van der Waals surface area contributed by atoms with E-state index >= 15 is 0 Å². The lowest BCUT2D eigenvalue weighted by molar-refractivity contribution is -0.131. The average molecular weight is 389 g/mol. The molecule has 2 heterocycles. The van der Waals surface area contributed by atoms with Crippen LogP contribution in [0.1, 0.15) is 50.2 Å². The summed E-state index contributed by atoms with van der Waals surface area (Å²) >= 11 is 0. The van der Waals surface area contributed by atoms with Crippen molar-refractivity contribution in [2.45, 2.75) is 51.1 Å².